The van der Waals surface area contributed by atoms with Crippen molar-refractivity contribution in [1.82, 2.24) is 4.90 Å². The summed E-state index contributed by atoms with van der Waals surface area (Å²) in [5.41, 5.74) is 1.83. The van der Waals surface area contributed by atoms with E-state index in [9.17, 15) is 9.59 Å². The molecular formula is C14H16N2O3. The number of hydrogen-bond acceptors (Lipinski definition) is 4. The Morgan fingerprint density at radius 3 is 3.05 bits per heavy atom. The van der Waals surface area contributed by atoms with Crippen LogP contribution in [0, 0.1) is 0 Å². The Bertz CT molecular complexity index is 541. The first-order valence-electron chi connectivity index (χ1n) is 6.50. The van der Waals surface area contributed by atoms with E-state index in [1.165, 1.54) is 7.11 Å². The monoisotopic (exact) mass is 260 g/mol. The molecule has 0 radical (unpaired) electrons. The minimum Gasteiger partial charge on any atom is -0.465 e. The molecule has 1 aromatic carbocycles. The Kier molecular flexibility index (Phi) is 2.89. The lowest BCUT2D eigenvalue weighted by Crippen LogP contribution is -2.51. The van der Waals surface area contributed by atoms with Gasteiger partial charge in [0.05, 0.1) is 18.2 Å². The zero-order chi connectivity index (χ0) is 13.4. The van der Waals surface area contributed by atoms with Crippen LogP contribution in [0.3, 0.4) is 0 Å². The van der Waals surface area contributed by atoms with Crippen molar-refractivity contribution in [3.63, 3.8) is 0 Å². The number of carbonyl (C=O) groups excluding carboxylic acids is 2. The molecule has 2 heterocycles. The van der Waals surface area contributed by atoms with E-state index in [4.69, 9.17) is 4.74 Å². The van der Waals surface area contributed by atoms with Gasteiger partial charge in [-0.25, -0.2) is 4.79 Å². The summed E-state index contributed by atoms with van der Waals surface area (Å²) in [5, 5.41) is 3.35. The smallest absolute Gasteiger partial charge is 0.337 e. The van der Waals surface area contributed by atoms with E-state index < -0.39 is 0 Å². The van der Waals surface area contributed by atoms with E-state index in [1.807, 2.05) is 4.90 Å². The van der Waals surface area contributed by atoms with E-state index in [2.05, 4.69) is 5.32 Å². The second kappa shape index (κ2) is 4.57. The lowest BCUT2D eigenvalue weighted by Gasteiger charge is -2.41. The molecule has 100 valence electrons. The van der Waals surface area contributed by atoms with Crippen LogP contribution in [0.2, 0.25) is 0 Å². The maximum atomic E-state index is 12.4. The maximum Gasteiger partial charge on any atom is 0.337 e. The number of nitrogens with one attached hydrogen (secondary N) is 1. The Hall–Kier alpha value is -2.04. The van der Waals surface area contributed by atoms with Gasteiger partial charge in [0, 0.05) is 12.2 Å². The zero-order valence-electron chi connectivity index (χ0n) is 10.8. The van der Waals surface area contributed by atoms with Gasteiger partial charge in [0.2, 0.25) is 0 Å². The predicted molar refractivity (Wildman–Crippen MR) is 70.1 cm³/mol. The van der Waals surface area contributed by atoms with Crippen LogP contribution in [-0.4, -0.2) is 36.6 Å². The summed E-state index contributed by atoms with van der Waals surface area (Å²) in [6, 6.07) is 5.03. The number of rotatable bonds is 1. The normalized spacial score (nSPS) is 21.2. The van der Waals surface area contributed by atoms with Crippen molar-refractivity contribution in [1.29, 1.82) is 0 Å². The van der Waals surface area contributed by atoms with Crippen LogP contribution in [0.4, 0.5) is 5.69 Å². The third-order valence-corrected chi connectivity index (χ3v) is 3.76. The van der Waals surface area contributed by atoms with Gasteiger partial charge < -0.3 is 15.0 Å². The second-order valence-electron chi connectivity index (χ2n) is 4.91. The highest BCUT2D eigenvalue weighted by atomic mass is 16.5. The highest BCUT2D eigenvalue weighted by molar-refractivity contribution is 6.03. The van der Waals surface area contributed by atoms with Crippen LogP contribution >= 0.6 is 0 Å². The molecule has 2 aliphatic heterocycles. The number of methoxy groups -OCH3 is 1. The first kappa shape index (κ1) is 12.0. The van der Waals surface area contributed by atoms with Crippen molar-refractivity contribution in [2.24, 2.45) is 0 Å². The van der Waals surface area contributed by atoms with Gasteiger partial charge in [-0.2, -0.15) is 0 Å². The number of benzene rings is 1. The number of fused-ring (bicyclic) bond motifs is 2. The molecule has 1 saturated heterocycles. The molecule has 5 nitrogen and oxygen atoms in total. The molecule has 0 aromatic heterocycles. The van der Waals surface area contributed by atoms with Crippen molar-refractivity contribution in [2.75, 3.05) is 19.0 Å². The number of anilines is 1. The van der Waals surface area contributed by atoms with Crippen LogP contribution in [0.25, 0.3) is 0 Å². The summed E-state index contributed by atoms with van der Waals surface area (Å²) in [6.45, 7) is 0.800. The fourth-order valence-electron chi connectivity index (χ4n) is 2.75. The average Bonchev–Trinajstić information content (AvgIpc) is 2.46. The Morgan fingerprint density at radius 2 is 2.26 bits per heavy atom. The van der Waals surface area contributed by atoms with Crippen LogP contribution in [0.15, 0.2) is 18.2 Å². The second-order valence-corrected chi connectivity index (χ2v) is 4.91. The Morgan fingerprint density at radius 1 is 1.42 bits per heavy atom. The van der Waals surface area contributed by atoms with Gasteiger partial charge >= 0.3 is 5.97 Å². The molecule has 0 saturated carbocycles. The van der Waals surface area contributed by atoms with Crippen molar-refractivity contribution in [3.8, 4) is 0 Å². The quantitative estimate of drug-likeness (QED) is 0.783. The number of piperidine rings is 1. The van der Waals surface area contributed by atoms with Gasteiger partial charge in [0.15, 0.2) is 0 Å². The molecule has 19 heavy (non-hydrogen) atoms. The van der Waals surface area contributed by atoms with Crippen molar-refractivity contribution < 1.29 is 14.3 Å². The fraction of sp³-hybridized carbons (Fsp3) is 0.429. The Balaban J connectivity index is 1.97. The SMILES string of the molecule is COC(=O)c1ccc2c(c1)NC1CCCCN1C2=O. The highest BCUT2D eigenvalue weighted by Gasteiger charge is 2.33. The summed E-state index contributed by atoms with van der Waals surface area (Å²) in [7, 11) is 1.35. The van der Waals surface area contributed by atoms with Gasteiger partial charge in [-0.3, -0.25) is 4.79 Å². The van der Waals surface area contributed by atoms with Crippen LogP contribution in [0.1, 0.15) is 40.0 Å². The third-order valence-electron chi connectivity index (χ3n) is 3.76. The number of ether oxygens (including phenoxy) is 1. The number of amides is 1. The number of nitrogens with zero attached hydrogens (tertiary/aromatic N) is 1. The molecule has 0 spiro atoms. The third kappa shape index (κ3) is 1.95. The molecule has 0 bridgehead atoms. The number of carbonyl (C=O) groups is 2. The molecule has 1 atom stereocenters. The molecule has 3 rings (SSSR count). The van der Waals surface area contributed by atoms with E-state index >= 15 is 0 Å². The van der Waals surface area contributed by atoms with Gasteiger partial charge in [-0.15, -0.1) is 0 Å². The lowest BCUT2D eigenvalue weighted by molar-refractivity contribution is 0.0594. The van der Waals surface area contributed by atoms with E-state index in [1.54, 1.807) is 18.2 Å². The Labute approximate surface area is 111 Å². The average molecular weight is 260 g/mol. The minimum absolute atomic E-state index is 0.0508. The summed E-state index contributed by atoms with van der Waals surface area (Å²) in [5.74, 6) is -0.335. The predicted octanol–water partition coefficient (Wildman–Crippen LogP) is 1.85. The van der Waals surface area contributed by atoms with Crippen molar-refractivity contribution >= 4 is 17.6 Å². The van der Waals surface area contributed by atoms with Gasteiger partial charge in [-0.05, 0) is 37.5 Å². The van der Waals surface area contributed by atoms with Crippen molar-refractivity contribution in [3.05, 3.63) is 29.3 Å². The molecular weight excluding hydrogens is 244 g/mol. The summed E-state index contributed by atoms with van der Waals surface area (Å²) < 4.78 is 4.70. The topological polar surface area (TPSA) is 58.6 Å². The lowest BCUT2D eigenvalue weighted by atomic mass is 9.99. The maximum absolute atomic E-state index is 12.4. The van der Waals surface area contributed by atoms with Crippen molar-refractivity contribution in [2.45, 2.75) is 25.4 Å². The first-order valence-corrected chi connectivity index (χ1v) is 6.50. The molecule has 1 N–H and O–H groups in total. The van der Waals surface area contributed by atoms with E-state index in [-0.39, 0.29) is 18.0 Å². The van der Waals surface area contributed by atoms with Crippen LogP contribution in [-0.2, 0) is 4.74 Å². The van der Waals surface area contributed by atoms with Crippen LogP contribution in [0.5, 0.6) is 0 Å². The first-order chi connectivity index (χ1) is 9.20. The number of esters is 1. The molecule has 2 aliphatic rings. The highest BCUT2D eigenvalue weighted by Crippen LogP contribution is 2.30. The van der Waals surface area contributed by atoms with E-state index in [0.717, 1.165) is 31.5 Å². The molecule has 5 heteroatoms. The fourth-order valence-corrected chi connectivity index (χ4v) is 2.75. The van der Waals surface area contributed by atoms with Gasteiger partial charge in [0.1, 0.15) is 6.17 Å². The van der Waals surface area contributed by atoms with Gasteiger partial charge in [-0.1, -0.05) is 0 Å². The minimum atomic E-state index is -0.386. The molecule has 1 unspecified atom stereocenters. The van der Waals surface area contributed by atoms with Gasteiger partial charge in [0.25, 0.3) is 5.91 Å². The van der Waals surface area contributed by atoms with Crippen LogP contribution < -0.4 is 5.32 Å². The summed E-state index contributed by atoms with van der Waals surface area (Å²) in [6.07, 6.45) is 3.18. The van der Waals surface area contributed by atoms with E-state index in [0.29, 0.717) is 11.1 Å². The standard InChI is InChI=1S/C14H16N2O3/c1-19-14(18)9-5-6-10-11(8-9)15-12-4-2-3-7-16(12)13(10)17/h5-6,8,12,15H,2-4,7H2,1H3. The largest absolute Gasteiger partial charge is 0.465 e. The summed E-state index contributed by atoms with van der Waals surface area (Å²) in [4.78, 5) is 25.8. The molecule has 0 aliphatic carbocycles. The molecule has 1 amide bonds. The number of hydrogen-bond donors (Lipinski definition) is 1. The molecule has 1 aromatic rings. The zero-order valence-corrected chi connectivity index (χ0v) is 10.8. The molecule has 1 fully saturated rings. The summed E-state index contributed by atoms with van der Waals surface area (Å²) >= 11 is 0.